The number of anilines is 1. The van der Waals surface area contributed by atoms with Crippen molar-refractivity contribution in [3.8, 4) is 5.75 Å². The third kappa shape index (κ3) is 3.78. The summed E-state index contributed by atoms with van der Waals surface area (Å²) in [6, 6.07) is 21.5. The van der Waals surface area contributed by atoms with Crippen LogP contribution in [0.1, 0.15) is 5.56 Å². The first-order chi connectivity index (χ1) is 12.0. The number of phenolic OH excluding ortho intramolecular Hbond substituents is 1. The highest BCUT2D eigenvalue weighted by atomic mass is 35.5. The average molecular weight is 374 g/mol. The van der Waals surface area contributed by atoms with Crippen LogP contribution < -0.4 is 4.31 Å². The summed E-state index contributed by atoms with van der Waals surface area (Å²) in [4.78, 5) is 0.181. The lowest BCUT2D eigenvalue weighted by molar-refractivity contribution is 0.468. The Balaban J connectivity index is 2.10. The van der Waals surface area contributed by atoms with E-state index in [2.05, 4.69) is 0 Å². The Morgan fingerprint density at radius 1 is 0.880 bits per heavy atom. The molecular weight excluding hydrogens is 358 g/mol. The lowest BCUT2D eigenvalue weighted by atomic mass is 10.2. The molecule has 0 radical (unpaired) electrons. The first kappa shape index (κ1) is 17.3. The number of aromatic hydroxyl groups is 1. The second-order valence-electron chi connectivity index (χ2n) is 5.43. The van der Waals surface area contributed by atoms with E-state index >= 15 is 0 Å². The van der Waals surface area contributed by atoms with Gasteiger partial charge in [-0.05, 0) is 42.5 Å². The van der Waals surface area contributed by atoms with Crippen LogP contribution in [-0.2, 0) is 16.6 Å². The third-order valence-electron chi connectivity index (χ3n) is 3.73. The molecule has 0 spiro atoms. The number of phenols is 1. The number of benzene rings is 3. The highest BCUT2D eigenvalue weighted by Gasteiger charge is 2.25. The van der Waals surface area contributed by atoms with Gasteiger partial charge in [0.25, 0.3) is 10.0 Å². The molecule has 0 saturated heterocycles. The minimum Gasteiger partial charge on any atom is -0.508 e. The maximum Gasteiger partial charge on any atom is 0.264 e. The van der Waals surface area contributed by atoms with E-state index in [0.29, 0.717) is 16.3 Å². The second-order valence-corrected chi connectivity index (χ2v) is 7.73. The molecule has 3 aromatic rings. The summed E-state index contributed by atoms with van der Waals surface area (Å²) in [5, 5.41) is 10.5. The smallest absolute Gasteiger partial charge is 0.264 e. The molecule has 128 valence electrons. The largest absolute Gasteiger partial charge is 0.508 e. The summed E-state index contributed by atoms with van der Waals surface area (Å²) in [7, 11) is -3.80. The third-order valence-corrected chi connectivity index (χ3v) is 5.75. The number of sulfonamides is 1. The summed E-state index contributed by atoms with van der Waals surface area (Å²) in [6.07, 6.45) is 0. The Bertz CT molecular complexity index is 960. The zero-order valence-electron chi connectivity index (χ0n) is 13.2. The van der Waals surface area contributed by atoms with Gasteiger partial charge in [-0.3, -0.25) is 4.31 Å². The maximum absolute atomic E-state index is 13.1. The van der Waals surface area contributed by atoms with Crippen LogP contribution in [0.4, 0.5) is 5.69 Å². The molecule has 0 fully saturated rings. The van der Waals surface area contributed by atoms with Crippen molar-refractivity contribution in [1.82, 2.24) is 0 Å². The Hall–Kier alpha value is -2.50. The molecule has 0 aliphatic carbocycles. The van der Waals surface area contributed by atoms with E-state index in [1.54, 1.807) is 66.7 Å². The van der Waals surface area contributed by atoms with Crippen LogP contribution in [-0.4, -0.2) is 13.5 Å². The number of nitrogens with zero attached hydrogens (tertiary/aromatic N) is 1. The van der Waals surface area contributed by atoms with Gasteiger partial charge in [-0.15, -0.1) is 0 Å². The van der Waals surface area contributed by atoms with E-state index in [4.69, 9.17) is 11.6 Å². The van der Waals surface area contributed by atoms with Gasteiger partial charge in [-0.1, -0.05) is 48.0 Å². The van der Waals surface area contributed by atoms with Crippen molar-refractivity contribution in [3.63, 3.8) is 0 Å². The standard InChI is InChI=1S/C19H16ClNO3S/c20-16-11-12-19(22)15(13-16)14-21(17-7-3-1-4-8-17)25(23,24)18-9-5-2-6-10-18/h1-13,22H,14H2. The van der Waals surface area contributed by atoms with Crippen molar-refractivity contribution in [2.75, 3.05) is 4.31 Å². The lowest BCUT2D eigenvalue weighted by Gasteiger charge is -2.25. The van der Waals surface area contributed by atoms with E-state index in [1.807, 2.05) is 6.07 Å². The van der Waals surface area contributed by atoms with Crippen LogP contribution in [0, 0.1) is 0 Å². The number of hydrogen-bond acceptors (Lipinski definition) is 3. The van der Waals surface area contributed by atoms with Crippen LogP contribution in [0.2, 0.25) is 5.02 Å². The molecule has 0 unspecified atom stereocenters. The normalized spacial score (nSPS) is 11.2. The molecule has 0 heterocycles. The van der Waals surface area contributed by atoms with E-state index < -0.39 is 10.0 Å². The van der Waals surface area contributed by atoms with Gasteiger partial charge in [-0.2, -0.15) is 0 Å². The molecule has 0 atom stereocenters. The van der Waals surface area contributed by atoms with E-state index in [-0.39, 0.29) is 17.2 Å². The van der Waals surface area contributed by atoms with Gasteiger partial charge in [0.1, 0.15) is 5.75 Å². The number of rotatable bonds is 5. The zero-order valence-corrected chi connectivity index (χ0v) is 14.8. The van der Waals surface area contributed by atoms with Gasteiger partial charge in [0.2, 0.25) is 0 Å². The summed E-state index contributed by atoms with van der Waals surface area (Å²) < 4.78 is 27.5. The van der Waals surface area contributed by atoms with Crippen molar-refractivity contribution in [3.05, 3.63) is 89.4 Å². The predicted molar refractivity (Wildman–Crippen MR) is 99.4 cm³/mol. The van der Waals surface area contributed by atoms with Gasteiger partial charge in [0.05, 0.1) is 17.1 Å². The van der Waals surface area contributed by atoms with Gasteiger partial charge >= 0.3 is 0 Å². The fraction of sp³-hybridized carbons (Fsp3) is 0.0526. The minimum atomic E-state index is -3.80. The van der Waals surface area contributed by atoms with Crippen molar-refractivity contribution in [2.45, 2.75) is 11.4 Å². The van der Waals surface area contributed by atoms with E-state index in [9.17, 15) is 13.5 Å². The molecule has 1 N–H and O–H groups in total. The molecule has 6 heteroatoms. The highest BCUT2D eigenvalue weighted by Crippen LogP contribution is 2.29. The Morgan fingerprint density at radius 3 is 2.12 bits per heavy atom. The molecule has 0 aromatic heterocycles. The van der Waals surface area contributed by atoms with E-state index in [0.717, 1.165) is 0 Å². The van der Waals surface area contributed by atoms with Gasteiger partial charge < -0.3 is 5.11 Å². The fourth-order valence-electron chi connectivity index (χ4n) is 2.46. The minimum absolute atomic E-state index is 0.00593. The zero-order chi connectivity index (χ0) is 17.9. The molecule has 25 heavy (non-hydrogen) atoms. The second kappa shape index (κ2) is 7.17. The first-order valence-corrected chi connectivity index (χ1v) is 9.40. The Morgan fingerprint density at radius 2 is 1.48 bits per heavy atom. The summed E-state index contributed by atoms with van der Waals surface area (Å²) in [6.45, 7) is -0.0341. The van der Waals surface area contributed by atoms with Crippen molar-refractivity contribution < 1.29 is 13.5 Å². The summed E-state index contributed by atoms with van der Waals surface area (Å²) in [5.74, 6) is -0.00593. The van der Waals surface area contributed by atoms with Gasteiger partial charge in [0.15, 0.2) is 0 Å². The first-order valence-electron chi connectivity index (χ1n) is 7.59. The topological polar surface area (TPSA) is 57.6 Å². The highest BCUT2D eigenvalue weighted by molar-refractivity contribution is 7.92. The van der Waals surface area contributed by atoms with Gasteiger partial charge in [-0.25, -0.2) is 8.42 Å². The molecule has 0 aliphatic rings. The predicted octanol–water partition coefficient (Wildman–Crippen LogP) is 4.44. The van der Waals surface area contributed by atoms with Crippen LogP contribution in [0.5, 0.6) is 5.75 Å². The molecule has 0 saturated carbocycles. The Kier molecular flexibility index (Phi) is 4.97. The maximum atomic E-state index is 13.1. The van der Waals surface area contributed by atoms with Gasteiger partial charge in [0, 0.05) is 10.6 Å². The SMILES string of the molecule is O=S(=O)(c1ccccc1)N(Cc1cc(Cl)ccc1O)c1ccccc1. The molecule has 0 bridgehead atoms. The van der Waals surface area contributed by atoms with Crippen LogP contribution in [0.3, 0.4) is 0 Å². The van der Waals surface area contributed by atoms with Crippen LogP contribution >= 0.6 is 11.6 Å². The lowest BCUT2D eigenvalue weighted by Crippen LogP contribution is -2.30. The molecule has 3 aromatic carbocycles. The average Bonchev–Trinajstić information content (AvgIpc) is 2.63. The monoisotopic (exact) mass is 373 g/mol. The summed E-state index contributed by atoms with van der Waals surface area (Å²) >= 11 is 6.00. The number of para-hydroxylation sites is 1. The summed E-state index contributed by atoms with van der Waals surface area (Å²) in [5.41, 5.74) is 0.932. The molecule has 0 aliphatic heterocycles. The fourth-order valence-corrected chi connectivity index (χ4v) is 4.12. The molecule has 0 amide bonds. The number of halogens is 1. The van der Waals surface area contributed by atoms with Crippen LogP contribution in [0.25, 0.3) is 0 Å². The molecule has 3 rings (SSSR count). The molecule has 4 nitrogen and oxygen atoms in total. The quantitative estimate of drug-likeness (QED) is 0.719. The molecular formula is C19H16ClNO3S. The Labute approximate surface area is 152 Å². The van der Waals surface area contributed by atoms with Crippen molar-refractivity contribution in [2.24, 2.45) is 0 Å². The van der Waals surface area contributed by atoms with Crippen LogP contribution in [0.15, 0.2) is 83.8 Å². The van der Waals surface area contributed by atoms with E-state index in [1.165, 1.54) is 10.4 Å². The number of hydrogen-bond donors (Lipinski definition) is 1. The van der Waals surface area contributed by atoms with Crippen molar-refractivity contribution >= 4 is 27.3 Å². The van der Waals surface area contributed by atoms with Crippen molar-refractivity contribution in [1.29, 1.82) is 0 Å².